The van der Waals surface area contributed by atoms with E-state index in [1.807, 2.05) is 18.4 Å². The minimum Gasteiger partial charge on any atom is -0.370 e. The zero-order chi connectivity index (χ0) is 14.3. The van der Waals surface area contributed by atoms with E-state index in [0.29, 0.717) is 6.42 Å². The smallest absolute Gasteiger partial charge is 0.370 e. The van der Waals surface area contributed by atoms with Crippen LogP contribution in [0.1, 0.15) is 18.2 Å². The molecule has 19 heavy (non-hydrogen) atoms. The van der Waals surface area contributed by atoms with Gasteiger partial charge in [-0.2, -0.15) is 13.2 Å². The lowest BCUT2D eigenvalue weighted by molar-refractivity contribution is -0.175. The maximum atomic E-state index is 12.0. The van der Waals surface area contributed by atoms with Crippen molar-refractivity contribution in [1.82, 2.24) is 5.32 Å². The zero-order valence-electron chi connectivity index (χ0n) is 10.6. The molecule has 0 bridgehead atoms. The van der Waals surface area contributed by atoms with Gasteiger partial charge >= 0.3 is 6.18 Å². The van der Waals surface area contributed by atoms with Crippen LogP contribution in [0.15, 0.2) is 15.9 Å². The molecule has 1 heterocycles. The Labute approximate surface area is 123 Å². The van der Waals surface area contributed by atoms with Gasteiger partial charge in [0.1, 0.15) is 6.61 Å². The first-order valence-electron chi connectivity index (χ1n) is 6.02. The topological polar surface area (TPSA) is 21.3 Å². The second kappa shape index (κ2) is 8.24. The molecule has 1 unspecified atom stereocenters. The number of hydrogen-bond donors (Lipinski definition) is 1. The van der Waals surface area contributed by atoms with E-state index in [1.54, 1.807) is 11.3 Å². The summed E-state index contributed by atoms with van der Waals surface area (Å²) in [7, 11) is 0. The van der Waals surface area contributed by atoms with Crippen molar-refractivity contribution in [1.29, 1.82) is 0 Å². The molecule has 7 heteroatoms. The van der Waals surface area contributed by atoms with Crippen molar-refractivity contribution in [2.75, 3.05) is 19.8 Å². The molecule has 110 valence electrons. The normalized spacial score (nSPS) is 13.7. The monoisotopic (exact) mass is 359 g/mol. The zero-order valence-corrected chi connectivity index (χ0v) is 13.0. The van der Waals surface area contributed by atoms with Gasteiger partial charge in [-0.15, -0.1) is 11.3 Å². The van der Waals surface area contributed by atoms with Crippen LogP contribution in [0.25, 0.3) is 0 Å². The standard InChI is InChI=1S/C12H17BrF3NOS/c1-2-4-17-9(7-18-8-12(14,15)16)6-11-10(13)3-5-19-11/h3,5,9,17H,2,4,6-8H2,1H3. The SMILES string of the molecule is CCCNC(COCC(F)(F)F)Cc1sccc1Br. The molecule has 1 atom stereocenters. The van der Waals surface area contributed by atoms with Gasteiger partial charge in [-0.1, -0.05) is 6.92 Å². The summed E-state index contributed by atoms with van der Waals surface area (Å²) in [6.07, 6.45) is -2.67. The maximum absolute atomic E-state index is 12.0. The molecule has 1 aromatic heterocycles. The lowest BCUT2D eigenvalue weighted by atomic mass is 10.2. The van der Waals surface area contributed by atoms with Gasteiger partial charge in [-0.05, 0) is 40.3 Å². The maximum Gasteiger partial charge on any atom is 0.411 e. The Balaban J connectivity index is 2.45. The molecule has 2 nitrogen and oxygen atoms in total. The molecule has 0 spiro atoms. The summed E-state index contributed by atoms with van der Waals surface area (Å²) in [5.74, 6) is 0. The van der Waals surface area contributed by atoms with Crippen LogP contribution < -0.4 is 5.32 Å². The summed E-state index contributed by atoms with van der Waals surface area (Å²) in [6, 6.07) is 1.84. The summed E-state index contributed by atoms with van der Waals surface area (Å²) in [6.45, 7) is 1.65. The van der Waals surface area contributed by atoms with Crippen molar-refractivity contribution in [3.8, 4) is 0 Å². The first-order valence-corrected chi connectivity index (χ1v) is 7.69. The minimum absolute atomic E-state index is 0.0594. The molecule has 0 radical (unpaired) electrons. The molecule has 1 rings (SSSR count). The highest BCUT2D eigenvalue weighted by molar-refractivity contribution is 9.10. The highest BCUT2D eigenvalue weighted by Crippen LogP contribution is 2.24. The Morgan fingerprint density at radius 1 is 1.47 bits per heavy atom. The van der Waals surface area contributed by atoms with Crippen LogP contribution in [0.3, 0.4) is 0 Å². The molecule has 0 amide bonds. The van der Waals surface area contributed by atoms with E-state index >= 15 is 0 Å². The van der Waals surface area contributed by atoms with Gasteiger partial charge < -0.3 is 10.1 Å². The molecule has 0 aromatic carbocycles. The van der Waals surface area contributed by atoms with Gasteiger partial charge in [0.05, 0.1) is 6.61 Å². The molecule has 1 N–H and O–H groups in total. The molecule has 0 saturated heterocycles. The predicted octanol–water partition coefficient (Wildman–Crippen LogP) is 4.00. The lowest BCUT2D eigenvalue weighted by Crippen LogP contribution is -2.37. The van der Waals surface area contributed by atoms with Crippen molar-refractivity contribution in [2.45, 2.75) is 32.0 Å². The number of ether oxygens (including phenoxy) is 1. The van der Waals surface area contributed by atoms with Gasteiger partial charge in [-0.25, -0.2) is 0 Å². The number of halogens is 4. The molecule has 0 fully saturated rings. The molecular formula is C12H17BrF3NOS. The molecule has 0 aliphatic carbocycles. The van der Waals surface area contributed by atoms with Crippen molar-refractivity contribution in [3.63, 3.8) is 0 Å². The van der Waals surface area contributed by atoms with Crippen LogP contribution in [0.2, 0.25) is 0 Å². The molecule has 0 saturated carbocycles. The van der Waals surface area contributed by atoms with E-state index in [2.05, 4.69) is 21.2 Å². The van der Waals surface area contributed by atoms with E-state index in [-0.39, 0.29) is 12.6 Å². The van der Waals surface area contributed by atoms with E-state index in [0.717, 1.165) is 22.3 Å². The van der Waals surface area contributed by atoms with Gasteiger partial charge in [0.25, 0.3) is 0 Å². The molecule has 0 aliphatic heterocycles. The van der Waals surface area contributed by atoms with Crippen LogP contribution in [-0.4, -0.2) is 32.0 Å². The third kappa shape index (κ3) is 7.29. The number of rotatable bonds is 8. The number of hydrogen-bond acceptors (Lipinski definition) is 3. The van der Waals surface area contributed by atoms with Crippen LogP contribution in [-0.2, 0) is 11.2 Å². The van der Waals surface area contributed by atoms with Crippen molar-refractivity contribution in [2.24, 2.45) is 0 Å². The van der Waals surface area contributed by atoms with E-state index in [9.17, 15) is 13.2 Å². The fraction of sp³-hybridized carbons (Fsp3) is 0.667. The van der Waals surface area contributed by atoms with Crippen molar-refractivity contribution in [3.05, 3.63) is 20.8 Å². The van der Waals surface area contributed by atoms with E-state index in [4.69, 9.17) is 4.74 Å². The number of thiophene rings is 1. The van der Waals surface area contributed by atoms with Crippen LogP contribution in [0.5, 0.6) is 0 Å². The molecular weight excluding hydrogens is 343 g/mol. The highest BCUT2D eigenvalue weighted by atomic mass is 79.9. The quantitative estimate of drug-likeness (QED) is 0.757. The summed E-state index contributed by atoms with van der Waals surface area (Å²) in [4.78, 5) is 1.12. The van der Waals surface area contributed by atoms with Gasteiger partial charge in [0, 0.05) is 21.8 Å². The van der Waals surface area contributed by atoms with Gasteiger partial charge in [-0.3, -0.25) is 0 Å². The van der Waals surface area contributed by atoms with E-state index < -0.39 is 12.8 Å². The summed E-state index contributed by atoms with van der Waals surface area (Å²) in [5.41, 5.74) is 0. The van der Waals surface area contributed by atoms with Gasteiger partial charge in [0.15, 0.2) is 0 Å². The average Bonchev–Trinajstić information content (AvgIpc) is 2.70. The summed E-state index contributed by atoms with van der Waals surface area (Å²) >= 11 is 5.01. The first kappa shape index (κ1) is 16.9. The Bertz CT molecular complexity index is 370. The second-order valence-corrected chi connectivity index (χ2v) is 6.03. The Kier molecular flexibility index (Phi) is 7.35. The Morgan fingerprint density at radius 3 is 2.74 bits per heavy atom. The van der Waals surface area contributed by atoms with Crippen molar-refractivity contribution < 1.29 is 17.9 Å². The Hall–Kier alpha value is -0.110. The number of nitrogens with one attached hydrogen (secondary N) is 1. The largest absolute Gasteiger partial charge is 0.411 e. The van der Waals surface area contributed by atoms with Crippen LogP contribution >= 0.6 is 27.3 Å². The molecule has 0 aliphatic rings. The third-order valence-corrected chi connectivity index (χ3v) is 4.34. The fourth-order valence-corrected chi connectivity index (χ4v) is 3.15. The number of alkyl halides is 3. The van der Waals surface area contributed by atoms with Crippen LogP contribution in [0, 0.1) is 0 Å². The molecule has 1 aromatic rings. The predicted molar refractivity (Wildman–Crippen MR) is 74.7 cm³/mol. The van der Waals surface area contributed by atoms with Gasteiger partial charge in [0.2, 0.25) is 0 Å². The summed E-state index contributed by atoms with van der Waals surface area (Å²) in [5, 5.41) is 5.17. The minimum atomic E-state index is -4.27. The van der Waals surface area contributed by atoms with Crippen molar-refractivity contribution >= 4 is 27.3 Å². The third-order valence-electron chi connectivity index (χ3n) is 2.39. The Morgan fingerprint density at radius 2 is 2.21 bits per heavy atom. The first-order chi connectivity index (χ1) is 8.92. The lowest BCUT2D eigenvalue weighted by Gasteiger charge is -2.19. The van der Waals surface area contributed by atoms with E-state index in [1.165, 1.54) is 0 Å². The summed E-state index contributed by atoms with van der Waals surface area (Å²) < 4.78 is 41.9. The second-order valence-electron chi connectivity index (χ2n) is 4.18. The van der Waals surface area contributed by atoms with Crippen LogP contribution in [0.4, 0.5) is 13.2 Å². The average molecular weight is 360 g/mol. The fourth-order valence-electron chi connectivity index (χ4n) is 1.55. The highest BCUT2D eigenvalue weighted by Gasteiger charge is 2.28.